The van der Waals surface area contributed by atoms with Gasteiger partial charge in [0.25, 0.3) is 0 Å². The normalized spacial score (nSPS) is 16.3. The van der Waals surface area contributed by atoms with Crippen molar-refractivity contribution in [2.24, 2.45) is 0 Å². The molecule has 0 saturated carbocycles. The highest BCUT2D eigenvalue weighted by Crippen LogP contribution is 1.96. The molecule has 0 aliphatic carbocycles. The van der Waals surface area contributed by atoms with Crippen molar-refractivity contribution in [2.45, 2.75) is 33.0 Å². The van der Waals surface area contributed by atoms with Gasteiger partial charge in [-0.2, -0.15) is 0 Å². The summed E-state index contributed by atoms with van der Waals surface area (Å²) in [6.45, 7) is 6.19. The minimum atomic E-state index is -0.110. The van der Waals surface area contributed by atoms with Crippen LogP contribution in [0.2, 0.25) is 0 Å². The van der Waals surface area contributed by atoms with Crippen LogP contribution < -0.4 is 0 Å². The lowest BCUT2D eigenvalue weighted by molar-refractivity contribution is -0.0219. The Morgan fingerprint density at radius 3 is 2.50 bits per heavy atom. The van der Waals surface area contributed by atoms with Crippen molar-refractivity contribution in [3.8, 4) is 0 Å². The van der Waals surface area contributed by atoms with Gasteiger partial charge < -0.3 is 14.6 Å². The molecular weight excluding hydrogens is 156 g/mol. The molecule has 12 heavy (non-hydrogen) atoms. The van der Waals surface area contributed by atoms with Crippen LogP contribution in [0.4, 0.5) is 0 Å². The van der Waals surface area contributed by atoms with E-state index < -0.39 is 0 Å². The maximum Gasteiger partial charge on any atom is 0.118 e. The van der Waals surface area contributed by atoms with Gasteiger partial charge in [-0.25, -0.2) is 0 Å². The van der Waals surface area contributed by atoms with Gasteiger partial charge in [-0.1, -0.05) is 6.08 Å². The maximum absolute atomic E-state index is 8.64. The molecule has 0 heterocycles. The largest absolute Gasteiger partial charge is 0.496 e. The van der Waals surface area contributed by atoms with E-state index in [0.29, 0.717) is 6.61 Å². The van der Waals surface area contributed by atoms with E-state index in [2.05, 4.69) is 0 Å². The summed E-state index contributed by atoms with van der Waals surface area (Å²) in [5.41, 5.74) is 0. The standard InChI is InChI=1S/C9H18O3/c1-4-5-11-9(3)7-12-8(2)6-10/h4-5,8-10H,6-7H2,1-3H3. The van der Waals surface area contributed by atoms with Crippen LogP contribution in [-0.4, -0.2) is 30.5 Å². The van der Waals surface area contributed by atoms with Gasteiger partial charge in [0.2, 0.25) is 0 Å². The molecule has 0 aliphatic rings. The Morgan fingerprint density at radius 1 is 1.33 bits per heavy atom. The zero-order valence-electron chi connectivity index (χ0n) is 7.99. The lowest BCUT2D eigenvalue weighted by Gasteiger charge is -2.14. The van der Waals surface area contributed by atoms with Crippen molar-refractivity contribution < 1.29 is 14.6 Å². The third-order valence-electron chi connectivity index (χ3n) is 1.32. The van der Waals surface area contributed by atoms with Gasteiger partial charge in [0, 0.05) is 0 Å². The minimum absolute atomic E-state index is 0.0372. The van der Waals surface area contributed by atoms with E-state index in [9.17, 15) is 0 Å². The van der Waals surface area contributed by atoms with Crippen LogP contribution in [0.25, 0.3) is 0 Å². The van der Waals surface area contributed by atoms with Crippen molar-refractivity contribution in [1.82, 2.24) is 0 Å². The molecule has 2 atom stereocenters. The van der Waals surface area contributed by atoms with Crippen molar-refractivity contribution in [3.63, 3.8) is 0 Å². The monoisotopic (exact) mass is 174 g/mol. The van der Waals surface area contributed by atoms with Crippen LogP contribution in [0.5, 0.6) is 0 Å². The highest BCUT2D eigenvalue weighted by atomic mass is 16.5. The van der Waals surface area contributed by atoms with E-state index in [0.717, 1.165) is 0 Å². The van der Waals surface area contributed by atoms with Crippen LogP contribution in [0.15, 0.2) is 12.3 Å². The number of ether oxygens (including phenoxy) is 2. The van der Waals surface area contributed by atoms with E-state index in [4.69, 9.17) is 14.6 Å². The van der Waals surface area contributed by atoms with Crippen LogP contribution in [-0.2, 0) is 9.47 Å². The average molecular weight is 174 g/mol. The van der Waals surface area contributed by atoms with Gasteiger partial charge in [0.05, 0.1) is 25.6 Å². The molecule has 0 radical (unpaired) electrons. The zero-order valence-corrected chi connectivity index (χ0v) is 7.99. The number of aliphatic hydroxyl groups excluding tert-OH is 1. The average Bonchev–Trinajstić information content (AvgIpc) is 2.10. The molecule has 72 valence electrons. The first kappa shape index (κ1) is 11.5. The topological polar surface area (TPSA) is 38.7 Å². The first-order valence-electron chi connectivity index (χ1n) is 4.19. The molecule has 0 aliphatic heterocycles. The van der Waals surface area contributed by atoms with E-state index >= 15 is 0 Å². The van der Waals surface area contributed by atoms with Gasteiger partial charge in [-0.05, 0) is 20.8 Å². The number of hydrogen-bond donors (Lipinski definition) is 1. The fraction of sp³-hybridized carbons (Fsp3) is 0.778. The zero-order chi connectivity index (χ0) is 9.40. The molecule has 0 spiro atoms. The van der Waals surface area contributed by atoms with Gasteiger partial charge in [0.1, 0.15) is 6.10 Å². The quantitative estimate of drug-likeness (QED) is 0.617. The number of rotatable bonds is 6. The second kappa shape index (κ2) is 7.13. The molecule has 0 rings (SSSR count). The number of hydrogen-bond acceptors (Lipinski definition) is 3. The van der Waals surface area contributed by atoms with Crippen molar-refractivity contribution in [3.05, 3.63) is 12.3 Å². The smallest absolute Gasteiger partial charge is 0.118 e. The van der Waals surface area contributed by atoms with E-state index in [1.54, 1.807) is 6.26 Å². The van der Waals surface area contributed by atoms with Crippen molar-refractivity contribution in [2.75, 3.05) is 13.2 Å². The predicted molar refractivity (Wildman–Crippen MR) is 47.9 cm³/mol. The second-order valence-electron chi connectivity index (χ2n) is 2.74. The molecule has 0 aromatic rings. The molecule has 0 fully saturated rings. The third kappa shape index (κ3) is 6.19. The van der Waals surface area contributed by atoms with E-state index in [1.165, 1.54) is 0 Å². The summed E-state index contributed by atoms with van der Waals surface area (Å²) in [4.78, 5) is 0. The number of allylic oxidation sites excluding steroid dienone is 1. The predicted octanol–water partition coefficient (Wildman–Crippen LogP) is 1.32. The molecule has 0 bridgehead atoms. The molecular formula is C9H18O3. The Bertz CT molecular complexity index is 123. The van der Waals surface area contributed by atoms with Gasteiger partial charge in [0.15, 0.2) is 0 Å². The second-order valence-corrected chi connectivity index (χ2v) is 2.74. The van der Waals surface area contributed by atoms with Gasteiger partial charge >= 0.3 is 0 Å². The molecule has 3 heteroatoms. The summed E-state index contributed by atoms with van der Waals surface area (Å²) in [5.74, 6) is 0. The van der Waals surface area contributed by atoms with Crippen molar-refractivity contribution in [1.29, 1.82) is 0 Å². The molecule has 0 amide bonds. The molecule has 0 aromatic heterocycles. The minimum Gasteiger partial charge on any atom is -0.496 e. The Hall–Kier alpha value is -0.540. The highest BCUT2D eigenvalue weighted by molar-refractivity contribution is 4.67. The summed E-state index contributed by atoms with van der Waals surface area (Å²) >= 11 is 0. The number of aliphatic hydroxyl groups is 1. The van der Waals surface area contributed by atoms with Crippen LogP contribution in [0.3, 0.4) is 0 Å². The molecule has 0 aromatic carbocycles. The van der Waals surface area contributed by atoms with Crippen molar-refractivity contribution >= 4 is 0 Å². The van der Waals surface area contributed by atoms with Crippen LogP contribution in [0.1, 0.15) is 20.8 Å². The Morgan fingerprint density at radius 2 is 2.00 bits per heavy atom. The van der Waals surface area contributed by atoms with E-state index in [1.807, 2.05) is 26.8 Å². The summed E-state index contributed by atoms with van der Waals surface area (Å²) in [5, 5.41) is 8.64. The fourth-order valence-corrected chi connectivity index (χ4v) is 0.604. The fourth-order valence-electron chi connectivity index (χ4n) is 0.604. The first-order valence-corrected chi connectivity index (χ1v) is 4.19. The van der Waals surface area contributed by atoms with Gasteiger partial charge in [-0.15, -0.1) is 0 Å². The van der Waals surface area contributed by atoms with Gasteiger partial charge in [-0.3, -0.25) is 0 Å². The molecule has 0 saturated heterocycles. The third-order valence-corrected chi connectivity index (χ3v) is 1.32. The highest BCUT2D eigenvalue weighted by Gasteiger charge is 2.04. The van der Waals surface area contributed by atoms with Crippen LogP contribution >= 0.6 is 0 Å². The lowest BCUT2D eigenvalue weighted by atomic mass is 10.4. The summed E-state index contributed by atoms with van der Waals surface area (Å²) in [6, 6.07) is 0. The Labute approximate surface area is 74.0 Å². The molecule has 3 nitrogen and oxygen atoms in total. The van der Waals surface area contributed by atoms with E-state index in [-0.39, 0.29) is 18.8 Å². The summed E-state index contributed by atoms with van der Waals surface area (Å²) in [6.07, 6.45) is 3.39. The Balaban J connectivity index is 3.36. The SMILES string of the molecule is CC=COC(C)COC(C)CO. The van der Waals surface area contributed by atoms with Crippen LogP contribution in [0, 0.1) is 0 Å². The molecule has 2 unspecified atom stereocenters. The first-order chi connectivity index (χ1) is 5.70. The maximum atomic E-state index is 8.64. The summed E-state index contributed by atoms with van der Waals surface area (Å²) in [7, 11) is 0. The Kier molecular flexibility index (Phi) is 6.81. The summed E-state index contributed by atoms with van der Waals surface area (Å²) < 4.78 is 10.4. The molecule has 1 N–H and O–H groups in total. The lowest BCUT2D eigenvalue weighted by Crippen LogP contribution is -2.20.